The van der Waals surface area contributed by atoms with Gasteiger partial charge in [-0.05, 0) is 44.0 Å². The second-order valence-electron chi connectivity index (χ2n) is 5.67. The number of piperidine rings is 1. The van der Waals surface area contributed by atoms with Gasteiger partial charge in [-0.1, -0.05) is 6.92 Å². The Balaban J connectivity index is 1.66. The fraction of sp³-hybridized carbons (Fsp3) is 0.562. The molecule has 0 radical (unpaired) electrons. The minimum atomic E-state index is -0.729. The van der Waals surface area contributed by atoms with Gasteiger partial charge in [-0.2, -0.15) is 0 Å². The Bertz CT molecular complexity index is 511. The molecule has 1 heterocycles. The van der Waals surface area contributed by atoms with Crippen LogP contribution in [0.3, 0.4) is 0 Å². The van der Waals surface area contributed by atoms with Crippen molar-refractivity contribution in [1.29, 1.82) is 0 Å². The van der Waals surface area contributed by atoms with Crippen LogP contribution in [0.15, 0.2) is 18.2 Å². The third-order valence-electron chi connectivity index (χ3n) is 3.83. The molecule has 22 heavy (non-hydrogen) atoms. The van der Waals surface area contributed by atoms with Crippen molar-refractivity contribution < 1.29 is 18.3 Å². The third kappa shape index (κ3) is 4.94. The van der Waals surface area contributed by atoms with Gasteiger partial charge in [-0.3, -0.25) is 4.79 Å². The molecule has 1 fully saturated rings. The lowest BCUT2D eigenvalue weighted by molar-refractivity contribution is -0.122. The van der Waals surface area contributed by atoms with Gasteiger partial charge in [0.05, 0.1) is 6.61 Å². The first-order valence-corrected chi connectivity index (χ1v) is 7.64. The Morgan fingerprint density at radius 1 is 1.45 bits per heavy atom. The van der Waals surface area contributed by atoms with E-state index in [1.54, 1.807) is 0 Å². The molecular weight excluding hydrogens is 290 g/mol. The predicted octanol–water partition coefficient (Wildman–Crippen LogP) is 2.24. The van der Waals surface area contributed by atoms with E-state index in [1.165, 1.54) is 6.07 Å². The van der Waals surface area contributed by atoms with Crippen molar-refractivity contribution in [2.24, 2.45) is 5.92 Å². The zero-order valence-electron chi connectivity index (χ0n) is 12.7. The number of carbonyl (C=O) groups excluding carboxylic acids is 1. The van der Waals surface area contributed by atoms with Crippen LogP contribution in [-0.2, 0) is 4.79 Å². The van der Waals surface area contributed by atoms with Crippen molar-refractivity contribution in [3.05, 3.63) is 29.8 Å². The van der Waals surface area contributed by atoms with Crippen LogP contribution in [0.4, 0.5) is 8.78 Å². The highest BCUT2D eigenvalue weighted by Crippen LogP contribution is 2.18. The predicted molar refractivity (Wildman–Crippen MR) is 79.7 cm³/mol. The molecule has 122 valence electrons. The van der Waals surface area contributed by atoms with Crippen molar-refractivity contribution in [1.82, 2.24) is 10.6 Å². The van der Waals surface area contributed by atoms with Crippen molar-refractivity contribution in [2.45, 2.75) is 32.2 Å². The van der Waals surface area contributed by atoms with E-state index < -0.39 is 11.6 Å². The van der Waals surface area contributed by atoms with Gasteiger partial charge in [-0.15, -0.1) is 0 Å². The second kappa shape index (κ2) is 8.08. The Morgan fingerprint density at radius 3 is 3.00 bits per heavy atom. The van der Waals surface area contributed by atoms with E-state index in [0.29, 0.717) is 18.8 Å². The number of hydrogen-bond donors (Lipinski definition) is 2. The second-order valence-corrected chi connectivity index (χ2v) is 5.67. The third-order valence-corrected chi connectivity index (χ3v) is 3.83. The summed E-state index contributed by atoms with van der Waals surface area (Å²) in [6.07, 6.45) is 1.76. The molecule has 1 aromatic rings. The zero-order valence-corrected chi connectivity index (χ0v) is 12.7. The fourth-order valence-electron chi connectivity index (χ4n) is 2.51. The molecule has 6 heteroatoms. The van der Waals surface area contributed by atoms with Gasteiger partial charge < -0.3 is 15.4 Å². The first-order valence-electron chi connectivity index (χ1n) is 7.64. The Morgan fingerprint density at radius 2 is 2.27 bits per heavy atom. The van der Waals surface area contributed by atoms with Gasteiger partial charge in [0.1, 0.15) is 5.82 Å². The average molecular weight is 312 g/mol. The number of ether oxygens (including phenoxy) is 1. The van der Waals surface area contributed by atoms with Gasteiger partial charge in [-0.25, -0.2) is 8.78 Å². The fourth-order valence-corrected chi connectivity index (χ4v) is 2.51. The van der Waals surface area contributed by atoms with Crippen LogP contribution in [-0.4, -0.2) is 31.6 Å². The summed E-state index contributed by atoms with van der Waals surface area (Å²) in [6, 6.07) is 3.38. The summed E-state index contributed by atoms with van der Waals surface area (Å²) in [5.41, 5.74) is 0. The van der Waals surface area contributed by atoms with E-state index in [9.17, 15) is 13.6 Å². The van der Waals surface area contributed by atoms with Crippen LogP contribution in [0, 0.1) is 17.6 Å². The largest absolute Gasteiger partial charge is 0.491 e. The smallest absolute Gasteiger partial charge is 0.220 e. The molecule has 0 bridgehead atoms. The number of rotatable bonds is 6. The Kier molecular flexibility index (Phi) is 6.12. The molecule has 0 saturated carbocycles. The monoisotopic (exact) mass is 312 g/mol. The molecule has 0 aliphatic carbocycles. The molecule has 0 aromatic heterocycles. The Labute approximate surface area is 129 Å². The van der Waals surface area contributed by atoms with Crippen LogP contribution in [0.25, 0.3) is 0 Å². The van der Waals surface area contributed by atoms with E-state index in [2.05, 4.69) is 17.6 Å². The molecule has 4 nitrogen and oxygen atoms in total. The lowest BCUT2D eigenvalue weighted by Gasteiger charge is -2.30. The summed E-state index contributed by atoms with van der Waals surface area (Å²) >= 11 is 0. The number of nitrogens with one attached hydrogen (secondary N) is 2. The lowest BCUT2D eigenvalue weighted by atomic mass is 9.95. The summed E-state index contributed by atoms with van der Waals surface area (Å²) in [6.45, 7) is 4.16. The van der Waals surface area contributed by atoms with Crippen molar-refractivity contribution in [3.63, 3.8) is 0 Å². The molecule has 2 rings (SSSR count). The number of hydrogen-bond acceptors (Lipinski definition) is 3. The molecule has 1 aliphatic rings. The maximum atomic E-state index is 13.3. The number of amides is 1. The zero-order chi connectivity index (χ0) is 15.9. The SMILES string of the molecule is CC1CNCCC1NC(=O)CCCOc1ccc(F)cc1F. The normalized spacial score (nSPS) is 21.4. The molecule has 2 N–H and O–H groups in total. The maximum Gasteiger partial charge on any atom is 0.220 e. The highest BCUT2D eigenvalue weighted by molar-refractivity contribution is 5.76. The summed E-state index contributed by atoms with van der Waals surface area (Å²) in [5.74, 6) is -0.953. The van der Waals surface area contributed by atoms with E-state index in [4.69, 9.17) is 4.74 Å². The first-order chi connectivity index (χ1) is 10.6. The average Bonchev–Trinajstić information content (AvgIpc) is 2.48. The van der Waals surface area contributed by atoms with Crippen LogP contribution in [0.2, 0.25) is 0 Å². The highest BCUT2D eigenvalue weighted by atomic mass is 19.1. The van der Waals surface area contributed by atoms with Gasteiger partial charge in [0.2, 0.25) is 5.91 Å². The van der Waals surface area contributed by atoms with E-state index in [-0.39, 0.29) is 24.3 Å². The Hall–Kier alpha value is -1.69. The topological polar surface area (TPSA) is 50.4 Å². The summed E-state index contributed by atoms with van der Waals surface area (Å²) in [7, 11) is 0. The number of carbonyl (C=O) groups is 1. The molecule has 2 atom stereocenters. The lowest BCUT2D eigenvalue weighted by Crippen LogP contribution is -2.48. The standard InChI is InChI=1S/C16H22F2N2O2/c1-11-10-19-7-6-14(11)20-16(21)3-2-8-22-15-5-4-12(17)9-13(15)18/h4-5,9,11,14,19H,2-3,6-8,10H2,1H3,(H,20,21). The summed E-state index contributed by atoms with van der Waals surface area (Å²) in [5, 5.41) is 6.31. The minimum absolute atomic E-state index is 0.00813. The van der Waals surface area contributed by atoms with Gasteiger partial charge >= 0.3 is 0 Å². The van der Waals surface area contributed by atoms with E-state index >= 15 is 0 Å². The van der Waals surface area contributed by atoms with Crippen molar-refractivity contribution in [2.75, 3.05) is 19.7 Å². The quantitative estimate of drug-likeness (QED) is 0.792. The molecule has 1 aliphatic heterocycles. The maximum absolute atomic E-state index is 13.3. The van der Waals surface area contributed by atoms with Crippen LogP contribution in [0.1, 0.15) is 26.2 Å². The van der Waals surface area contributed by atoms with E-state index in [0.717, 1.165) is 31.6 Å². The van der Waals surface area contributed by atoms with Crippen LogP contribution in [0.5, 0.6) is 5.75 Å². The molecule has 2 unspecified atom stereocenters. The van der Waals surface area contributed by atoms with Gasteiger partial charge in [0.15, 0.2) is 11.6 Å². The van der Waals surface area contributed by atoms with Crippen LogP contribution >= 0.6 is 0 Å². The van der Waals surface area contributed by atoms with Gasteiger partial charge in [0.25, 0.3) is 0 Å². The molecule has 1 saturated heterocycles. The molecular formula is C16H22F2N2O2. The van der Waals surface area contributed by atoms with Crippen molar-refractivity contribution >= 4 is 5.91 Å². The van der Waals surface area contributed by atoms with Gasteiger partial charge in [0, 0.05) is 18.5 Å². The molecule has 1 amide bonds. The summed E-state index contributed by atoms with van der Waals surface area (Å²) < 4.78 is 31.3. The van der Waals surface area contributed by atoms with Crippen LogP contribution < -0.4 is 15.4 Å². The van der Waals surface area contributed by atoms with Crippen molar-refractivity contribution in [3.8, 4) is 5.75 Å². The number of halogens is 2. The molecule has 0 spiro atoms. The minimum Gasteiger partial charge on any atom is -0.491 e. The summed E-state index contributed by atoms with van der Waals surface area (Å²) in [4.78, 5) is 11.9. The highest BCUT2D eigenvalue weighted by Gasteiger charge is 2.22. The molecule has 1 aromatic carbocycles. The number of benzene rings is 1. The van der Waals surface area contributed by atoms with E-state index in [1.807, 2.05) is 0 Å². The first kappa shape index (κ1) is 16.7.